The Morgan fingerprint density at radius 3 is 1.49 bits per heavy atom. The average molecular weight is 977 g/mol. The molecule has 378 valence electrons. The lowest BCUT2D eigenvalue weighted by Crippen LogP contribution is -2.37. The quantitative estimate of drug-likeness (QED) is 0.0509. The van der Waals surface area contributed by atoms with Gasteiger partial charge in [0.25, 0.3) is 11.8 Å². The molecular formula is C60H68N2O10. The van der Waals surface area contributed by atoms with E-state index >= 15 is 0 Å². The Hall–Kier alpha value is -7.08. The van der Waals surface area contributed by atoms with Crippen molar-refractivity contribution in [3.63, 3.8) is 0 Å². The highest BCUT2D eigenvalue weighted by Crippen LogP contribution is 2.36. The largest absolute Gasteiger partial charge is 0.491 e. The first kappa shape index (κ1) is 51.3. The molecule has 0 saturated heterocycles. The minimum atomic E-state index is -0.931. The van der Waals surface area contributed by atoms with Gasteiger partial charge in [-0.25, -0.2) is 0 Å². The maximum Gasteiger partial charge on any atom is 0.304 e. The smallest absolute Gasteiger partial charge is 0.304 e. The lowest BCUT2D eigenvalue weighted by molar-refractivity contribution is -0.138. The highest BCUT2D eigenvalue weighted by Gasteiger charge is 2.23. The Kier molecular flexibility index (Phi) is 17.7. The molecule has 2 amide bonds. The van der Waals surface area contributed by atoms with Gasteiger partial charge >= 0.3 is 11.9 Å². The molecule has 12 heteroatoms. The van der Waals surface area contributed by atoms with Crippen molar-refractivity contribution in [1.82, 2.24) is 10.6 Å². The summed E-state index contributed by atoms with van der Waals surface area (Å²) in [6, 6.07) is 36.6. The van der Waals surface area contributed by atoms with E-state index in [0.717, 1.165) is 101 Å². The van der Waals surface area contributed by atoms with Gasteiger partial charge in [0, 0.05) is 29.5 Å². The number of carboxylic acid groups (broad SMARTS) is 2. The number of rotatable bonds is 21. The molecule has 2 saturated carbocycles. The summed E-state index contributed by atoms with van der Waals surface area (Å²) < 4.78 is 24.4. The molecule has 72 heavy (non-hydrogen) atoms. The zero-order valence-corrected chi connectivity index (χ0v) is 41.5. The van der Waals surface area contributed by atoms with Crippen molar-refractivity contribution in [1.29, 1.82) is 0 Å². The molecule has 6 aromatic carbocycles. The van der Waals surface area contributed by atoms with Gasteiger partial charge in [0.1, 0.15) is 29.6 Å². The summed E-state index contributed by atoms with van der Waals surface area (Å²) in [5.41, 5.74) is 4.09. The summed E-state index contributed by atoms with van der Waals surface area (Å²) in [6.45, 7) is 3.83. The Labute approximate surface area is 422 Å². The van der Waals surface area contributed by atoms with Crippen LogP contribution in [0.2, 0.25) is 0 Å². The van der Waals surface area contributed by atoms with Gasteiger partial charge in [-0.3, -0.25) is 19.2 Å². The van der Waals surface area contributed by atoms with Gasteiger partial charge in [0.05, 0.1) is 18.9 Å². The number of aliphatic carboxylic acids is 2. The third kappa shape index (κ3) is 14.5. The second-order valence-electron chi connectivity index (χ2n) is 19.8. The molecule has 8 rings (SSSR count). The molecule has 0 radical (unpaired) electrons. The zero-order chi connectivity index (χ0) is 50.4. The number of carboxylic acids is 2. The summed E-state index contributed by atoms with van der Waals surface area (Å²) in [5.74, 6) is -0.740. The molecule has 2 aliphatic rings. The monoisotopic (exact) mass is 976 g/mol. The van der Waals surface area contributed by atoms with Crippen molar-refractivity contribution in [2.75, 3.05) is 13.2 Å². The average Bonchev–Trinajstić information content (AvgIpc) is 3.80. The molecule has 2 fully saturated rings. The number of carbonyl (C=O) groups is 4. The van der Waals surface area contributed by atoms with Crippen molar-refractivity contribution >= 4 is 45.3 Å². The van der Waals surface area contributed by atoms with Crippen molar-refractivity contribution in [2.45, 2.75) is 140 Å². The van der Waals surface area contributed by atoms with Crippen molar-refractivity contribution in [3.05, 3.63) is 143 Å². The van der Waals surface area contributed by atoms with Gasteiger partial charge in [-0.2, -0.15) is 0 Å². The number of ether oxygens (including phenoxy) is 4. The van der Waals surface area contributed by atoms with E-state index in [1.807, 2.05) is 129 Å². The first-order valence-corrected chi connectivity index (χ1v) is 25.8. The Morgan fingerprint density at radius 2 is 0.944 bits per heavy atom. The summed E-state index contributed by atoms with van der Waals surface area (Å²) in [5, 5.41) is 29.9. The van der Waals surface area contributed by atoms with E-state index < -0.39 is 23.8 Å². The number of carbonyl (C=O) groups excluding carboxylic acids is 2. The molecule has 6 aromatic rings. The maximum absolute atomic E-state index is 13.2. The minimum absolute atomic E-state index is 0.000739. The maximum atomic E-state index is 13.2. The molecule has 0 aliphatic heterocycles. The van der Waals surface area contributed by atoms with Crippen LogP contribution in [-0.2, 0) is 25.8 Å². The van der Waals surface area contributed by atoms with Gasteiger partial charge in [-0.05, 0) is 132 Å². The van der Waals surface area contributed by atoms with Crippen molar-refractivity contribution in [3.8, 4) is 23.0 Å². The Bertz CT molecular complexity index is 2790. The standard InChI is InChI=1S/C60H68N2O10/c1-39(2)72-51-25-20-42(21-26-51)56(35-60(67)68)44-22-28-54-46(30-44)32-53(71-38-58(64)62-49-13-9-5-6-10-14-49)33-47(54)36-69-50-23-18-41(19-24-50)55(34-59(65)66)43-16-15-40-17-27-52(31-45(40)29-43)70-37-57(63)61-48-11-7-3-4-8-12-48/h15-33,39,48-49,55-56H,3-14,34-38H2,1-2H3,(H,61,63)(H,62,64)(H,65,66)(H,67,68). The number of amides is 2. The van der Waals surface area contributed by atoms with Crippen LogP contribution in [0, 0.1) is 0 Å². The van der Waals surface area contributed by atoms with E-state index in [0.29, 0.717) is 23.0 Å². The summed E-state index contributed by atoms with van der Waals surface area (Å²) in [4.78, 5) is 50.5. The van der Waals surface area contributed by atoms with E-state index in [1.165, 1.54) is 25.7 Å². The molecule has 0 bridgehead atoms. The second kappa shape index (κ2) is 24.8. The van der Waals surface area contributed by atoms with E-state index in [1.54, 1.807) is 0 Å². The second-order valence-corrected chi connectivity index (χ2v) is 19.8. The fraction of sp³-hybridized carbons (Fsp3) is 0.400. The molecule has 2 aliphatic carbocycles. The van der Waals surface area contributed by atoms with Crippen LogP contribution >= 0.6 is 0 Å². The number of nitrogens with one attached hydrogen (secondary N) is 2. The van der Waals surface area contributed by atoms with Crippen LogP contribution in [0.5, 0.6) is 23.0 Å². The molecule has 2 atom stereocenters. The van der Waals surface area contributed by atoms with Gasteiger partial charge in [-0.15, -0.1) is 0 Å². The van der Waals surface area contributed by atoms with Crippen molar-refractivity contribution < 1.29 is 48.3 Å². The van der Waals surface area contributed by atoms with E-state index in [2.05, 4.69) is 10.6 Å². The predicted octanol–water partition coefficient (Wildman–Crippen LogP) is 12.0. The van der Waals surface area contributed by atoms with Crippen LogP contribution in [0.25, 0.3) is 21.5 Å². The molecule has 12 nitrogen and oxygen atoms in total. The molecule has 0 aromatic heterocycles. The SMILES string of the molecule is CC(C)Oc1ccc(C(CC(=O)O)c2ccc3c(COc4ccc(C(CC(=O)O)c5ccc6ccc(OCC(=O)NC7CCCCCC7)cc6c5)cc4)cc(OCC(=O)NC4CCCCCC4)cc3c2)cc1. The Balaban J connectivity index is 1.00. The van der Waals surface area contributed by atoms with E-state index in [-0.39, 0.29) is 62.7 Å². The van der Waals surface area contributed by atoms with E-state index in [9.17, 15) is 29.4 Å². The lowest BCUT2D eigenvalue weighted by atomic mass is 9.87. The Morgan fingerprint density at radius 1 is 0.486 bits per heavy atom. The third-order valence-corrected chi connectivity index (χ3v) is 13.9. The topological polar surface area (TPSA) is 170 Å². The number of fused-ring (bicyclic) bond motifs is 2. The van der Waals surface area contributed by atoms with Gasteiger partial charge in [0.2, 0.25) is 0 Å². The summed E-state index contributed by atoms with van der Waals surface area (Å²) in [7, 11) is 0. The number of benzene rings is 6. The predicted molar refractivity (Wildman–Crippen MR) is 279 cm³/mol. The fourth-order valence-electron chi connectivity index (χ4n) is 10.3. The third-order valence-electron chi connectivity index (χ3n) is 13.9. The highest BCUT2D eigenvalue weighted by atomic mass is 16.5. The van der Waals surface area contributed by atoms with Gasteiger partial charge < -0.3 is 39.8 Å². The van der Waals surface area contributed by atoms with Crippen molar-refractivity contribution in [2.24, 2.45) is 0 Å². The van der Waals surface area contributed by atoms with Crippen LogP contribution in [0.15, 0.2) is 115 Å². The number of hydrogen-bond donors (Lipinski definition) is 4. The first-order chi connectivity index (χ1) is 34.9. The van der Waals surface area contributed by atoms with Crippen LogP contribution in [-0.4, -0.2) is 65.4 Å². The molecule has 0 heterocycles. The van der Waals surface area contributed by atoms with Gasteiger partial charge in [0.15, 0.2) is 13.2 Å². The zero-order valence-electron chi connectivity index (χ0n) is 41.5. The summed E-state index contributed by atoms with van der Waals surface area (Å²) >= 11 is 0. The van der Waals surface area contributed by atoms with Crippen LogP contribution in [0.3, 0.4) is 0 Å². The molecule has 2 unspecified atom stereocenters. The first-order valence-electron chi connectivity index (χ1n) is 25.8. The molecule has 4 N–H and O–H groups in total. The normalized spacial score (nSPS) is 15.5. The van der Waals surface area contributed by atoms with Crippen LogP contribution < -0.4 is 29.6 Å². The highest BCUT2D eigenvalue weighted by molar-refractivity contribution is 5.89. The van der Waals surface area contributed by atoms with Crippen LogP contribution in [0.1, 0.15) is 143 Å². The van der Waals surface area contributed by atoms with Gasteiger partial charge in [-0.1, -0.05) is 118 Å². The van der Waals surface area contributed by atoms with E-state index in [4.69, 9.17) is 18.9 Å². The van der Waals surface area contributed by atoms with Crippen LogP contribution in [0.4, 0.5) is 0 Å². The summed E-state index contributed by atoms with van der Waals surface area (Å²) in [6.07, 6.45) is 12.9. The number of hydrogen-bond acceptors (Lipinski definition) is 8. The molecular weight excluding hydrogens is 909 g/mol. The molecule has 0 spiro atoms. The fourth-order valence-corrected chi connectivity index (χ4v) is 10.3. The lowest BCUT2D eigenvalue weighted by Gasteiger charge is -2.20. The minimum Gasteiger partial charge on any atom is -0.491 e.